The van der Waals surface area contributed by atoms with Gasteiger partial charge in [-0.3, -0.25) is 9.36 Å². The SMILES string of the molecule is COc1cc(C(=O)O)ccc1N=C1CCC(C)C2=C(C=N1)CCc1nn(C)c(-c3ccc(-c4cnn(C)c4)cc3)c12. The molecule has 0 saturated carbocycles. The molecule has 9 heteroatoms. The van der Waals surface area contributed by atoms with E-state index in [0.717, 1.165) is 47.3 Å². The van der Waals surface area contributed by atoms with E-state index >= 15 is 0 Å². The lowest BCUT2D eigenvalue weighted by atomic mass is 9.79. The van der Waals surface area contributed by atoms with Gasteiger partial charge in [0, 0.05) is 49.6 Å². The Morgan fingerprint density at radius 2 is 1.83 bits per heavy atom. The Hall–Kier alpha value is -4.79. The lowest BCUT2D eigenvalue weighted by molar-refractivity contribution is 0.0696. The van der Waals surface area contributed by atoms with Gasteiger partial charge in [0.25, 0.3) is 0 Å². The Balaban J connectivity index is 1.37. The average molecular weight is 549 g/mol. The van der Waals surface area contributed by atoms with E-state index < -0.39 is 5.97 Å². The Labute approximate surface area is 238 Å². The molecule has 1 aliphatic carbocycles. The number of nitrogens with zero attached hydrogens (tertiary/aromatic N) is 6. The minimum atomic E-state index is -1.00. The van der Waals surface area contributed by atoms with Crippen molar-refractivity contribution in [3.63, 3.8) is 0 Å². The number of carboxylic acids is 1. The second kappa shape index (κ2) is 10.6. The van der Waals surface area contributed by atoms with Crippen LogP contribution in [0.4, 0.5) is 5.69 Å². The first kappa shape index (κ1) is 26.4. The second-order valence-corrected chi connectivity index (χ2v) is 10.6. The third kappa shape index (κ3) is 4.99. The first-order valence-electron chi connectivity index (χ1n) is 13.7. The predicted octanol–water partition coefficient (Wildman–Crippen LogP) is 6.13. The minimum Gasteiger partial charge on any atom is -0.494 e. The number of benzene rings is 2. The molecule has 0 radical (unpaired) electrons. The number of aromatic nitrogens is 4. The maximum absolute atomic E-state index is 11.4. The predicted molar refractivity (Wildman–Crippen MR) is 160 cm³/mol. The highest BCUT2D eigenvalue weighted by atomic mass is 16.5. The van der Waals surface area contributed by atoms with Gasteiger partial charge in [-0.2, -0.15) is 10.2 Å². The van der Waals surface area contributed by atoms with Crippen molar-refractivity contribution in [1.82, 2.24) is 19.6 Å². The molecule has 0 bridgehead atoms. The van der Waals surface area contributed by atoms with E-state index in [4.69, 9.17) is 19.8 Å². The zero-order valence-electron chi connectivity index (χ0n) is 23.6. The molecule has 9 nitrogen and oxygen atoms in total. The van der Waals surface area contributed by atoms with E-state index in [1.807, 2.05) is 42.1 Å². The highest BCUT2D eigenvalue weighted by Gasteiger charge is 2.30. The Morgan fingerprint density at radius 3 is 2.54 bits per heavy atom. The van der Waals surface area contributed by atoms with E-state index in [-0.39, 0.29) is 11.5 Å². The summed E-state index contributed by atoms with van der Waals surface area (Å²) >= 11 is 0. The maximum atomic E-state index is 11.4. The zero-order valence-corrected chi connectivity index (χ0v) is 23.6. The number of rotatable bonds is 5. The van der Waals surface area contributed by atoms with Gasteiger partial charge in [0.15, 0.2) is 0 Å². The summed E-state index contributed by atoms with van der Waals surface area (Å²) in [6.07, 6.45) is 9.15. The fourth-order valence-electron chi connectivity index (χ4n) is 5.84. The molecule has 0 saturated heterocycles. The van der Waals surface area contributed by atoms with Crippen LogP contribution < -0.4 is 4.74 Å². The first-order chi connectivity index (χ1) is 19.8. The number of carboxylic acid groups (broad SMARTS) is 1. The monoisotopic (exact) mass is 548 g/mol. The summed E-state index contributed by atoms with van der Waals surface area (Å²) < 4.78 is 9.26. The first-order valence-corrected chi connectivity index (χ1v) is 13.7. The van der Waals surface area contributed by atoms with Crippen LogP contribution in [0.1, 0.15) is 47.8 Å². The largest absolute Gasteiger partial charge is 0.494 e. The van der Waals surface area contributed by atoms with Crippen molar-refractivity contribution in [3.8, 4) is 28.1 Å². The van der Waals surface area contributed by atoms with Gasteiger partial charge < -0.3 is 9.84 Å². The van der Waals surface area contributed by atoms with Crippen molar-refractivity contribution in [3.05, 3.63) is 77.3 Å². The molecule has 0 fully saturated rings. The molecule has 1 unspecified atom stereocenters. The van der Waals surface area contributed by atoms with Gasteiger partial charge in [-0.1, -0.05) is 31.2 Å². The highest BCUT2D eigenvalue weighted by molar-refractivity contribution is 6.03. The van der Waals surface area contributed by atoms with E-state index in [9.17, 15) is 9.90 Å². The molecule has 4 aromatic rings. The van der Waals surface area contributed by atoms with Crippen LogP contribution in [-0.2, 0) is 20.5 Å². The molecule has 2 aromatic carbocycles. The molecule has 41 heavy (non-hydrogen) atoms. The summed E-state index contributed by atoms with van der Waals surface area (Å²) in [6, 6.07) is 13.3. The Bertz CT molecular complexity index is 1740. The summed E-state index contributed by atoms with van der Waals surface area (Å²) in [6.45, 7) is 2.27. The van der Waals surface area contributed by atoms with Gasteiger partial charge in [0.05, 0.1) is 30.3 Å². The van der Waals surface area contributed by atoms with Gasteiger partial charge in [0.2, 0.25) is 0 Å². The van der Waals surface area contributed by atoms with Gasteiger partial charge >= 0.3 is 5.97 Å². The number of aromatic carboxylic acids is 1. The normalized spacial score (nSPS) is 17.7. The lowest BCUT2D eigenvalue weighted by Gasteiger charge is -2.26. The number of carbonyl (C=O) groups is 1. The molecule has 0 amide bonds. The average Bonchev–Trinajstić information content (AvgIpc) is 3.55. The van der Waals surface area contributed by atoms with Gasteiger partial charge in [0.1, 0.15) is 17.3 Å². The molecular weight excluding hydrogens is 516 g/mol. The smallest absolute Gasteiger partial charge is 0.335 e. The molecule has 1 aliphatic heterocycles. The van der Waals surface area contributed by atoms with Crippen LogP contribution >= 0.6 is 0 Å². The molecule has 1 atom stereocenters. The zero-order chi connectivity index (χ0) is 28.7. The standard InChI is InChI=1S/C32H32N6O3/c1-19-5-14-28(35-25-12-10-22(32(39)40)15-27(25)41-4)33-16-23-11-13-26-30(29(19)23)31(38(3)36-26)21-8-6-20(7-9-21)24-17-34-37(2)18-24/h6-10,12,15-19H,5,11,13-14H2,1-4H3,(H,39,40). The number of methoxy groups -OCH3 is 1. The van der Waals surface area contributed by atoms with Crippen LogP contribution in [0.2, 0.25) is 0 Å². The Morgan fingerprint density at radius 1 is 1.05 bits per heavy atom. The number of hydrogen-bond acceptors (Lipinski definition) is 5. The highest BCUT2D eigenvalue weighted by Crippen LogP contribution is 2.43. The van der Waals surface area contributed by atoms with Gasteiger partial charge in [-0.25, -0.2) is 14.8 Å². The second-order valence-electron chi connectivity index (χ2n) is 10.6. The summed E-state index contributed by atoms with van der Waals surface area (Å²) in [4.78, 5) is 21.0. The number of fused-ring (bicyclic) bond motifs is 2. The molecule has 3 heterocycles. The van der Waals surface area contributed by atoms with E-state index in [0.29, 0.717) is 23.7 Å². The van der Waals surface area contributed by atoms with Gasteiger partial charge in [-0.15, -0.1) is 0 Å². The van der Waals surface area contributed by atoms with Crippen molar-refractivity contribution in [1.29, 1.82) is 0 Å². The number of aliphatic imine (C=N–C) groups is 2. The molecule has 1 N–H and O–H groups in total. The van der Waals surface area contributed by atoms with E-state index in [1.54, 1.807) is 6.07 Å². The quantitative estimate of drug-likeness (QED) is 0.323. The van der Waals surface area contributed by atoms with Crippen molar-refractivity contribution in [2.45, 2.75) is 32.6 Å². The molecular formula is C32H32N6O3. The van der Waals surface area contributed by atoms with Crippen LogP contribution in [-0.4, -0.2) is 49.8 Å². The number of ether oxygens (including phenoxy) is 1. The number of aryl methyl sites for hydroxylation is 3. The Kier molecular flexibility index (Phi) is 6.86. The van der Waals surface area contributed by atoms with Crippen LogP contribution in [0, 0.1) is 5.92 Å². The molecule has 0 spiro atoms. The van der Waals surface area contributed by atoms with Crippen LogP contribution in [0.15, 0.2) is 70.4 Å². The lowest BCUT2D eigenvalue weighted by Crippen LogP contribution is -2.15. The summed E-state index contributed by atoms with van der Waals surface area (Å²) in [5.74, 6) is 0.387. The van der Waals surface area contributed by atoms with Crippen LogP contribution in [0.3, 0.4) is 0 Å². The number of amidine groups is 1. The van der Waals surface area contributed by atoms with E-state index in [2.05, 4.69) is 36.3 Å². The number of allylic oxidation sites excluding steroid dienone is 2. The summed E-state index contributed by atoms with van der Waals surface area (Å²) in [7, 11) is 5.47. The third-order valence-electron chi connectivity index (χ3n) is 7.90. The molecule has 6 rings (SSSR count). The fourth-order valence-corrected chi connectivity index (χ4v) is 5.84. The van der Waals surface area contributed by atoms with Crippen LogP contribution in [0.5, 0.6) is 5.75 Å². The van der Waals surface area contributed by atoms with Crippen molar-refractivity contribution >= 4 is 29.3 Å². The maximum Gasteiger partial charge on any atom is 0.335 e. The third-order valence-corrected chi connectivity index (χ3v) is 7.90. The van der Waals surface area contributed by atoms with Crippen molar-refractivity contribution in [2.75, 3.05) is 7.11 Å². The minimum absolute atomic E-state index is 0.160. The summed E-state index contributed by atoms with van der Waals surface area (Å²) in [5.41, 5.74) is 10.1. The molecule has 2 aliphatic rings. The topological polar surface area (TPSA) is 107 Å². The van der Waals surface area contributed by atoms with Gasteiger partial charge in [-0.05, 0) is 60.1 Å². The molecule has 208 valence electrons. The van der Waals surface area contributed by atoms with Crippen LogP contribution in [0.25, 0.3) is 28.0 Å². The molecule has 2 aromatic heterocycles. The fraction of sp³-hybridized carbons (Fsp3) is 0.281. The summed E-state index contributed by atoms with van der Waals surface area (Å²) in [5, 5.41) is 18.6. The number of hydrogen-bond donors (Lipinski definition) is 1. The van der Waals surface area contributed by atoms with E-state index in [1.165, 1.54) is 36.0 Å². The van der Waals surface area contributed by atoms with Crippen molar-refractivity contribution in [2.24, 2.45) is 30.0 Å². The van der Waals surface area contributed by atoms with Crippen molar-refractivity contribution < 1.29 is 14.6 Å².